The van der Waals surface area contributed by atoms with Crippen LogP contribution in [-0.4, -0.2) is 9.97 Å². The molecule has 2 nitrogen and oxygen atoms in total. The van der Waals surface area contributed by atoms with Gasteiger partial charge in [0.1, 0.15) is 0 Å². The number of rotatable bonds is 7. The van der Waals surface area contributed by atoms with Gasteiger partial charge in [0.15, 0.2) is 5.82 Å². The molecule has 0 bridgehead atoms. The molecule has 0 fully saturated rings. The van der Waals surface area contributed by atoms with Crippen LogP contribution in [-0.2, 0) is 5.41 Å². The Balaban J connectivity index is 1.02. The summed E-state index contributed by atoms with van der Waals surface area (Å²) in [5.41, 5.74) is 18.4. The summed E-state index contributed by atoms with van der Waals surface area (Å²) in [7, 11) is 0. The van der Waals surface area contributed by atoms with Crippen molar-refractivity contribution in [1.29, 1.82) is 0 Å². The fourth-order valence-corrected chi connectivity index (χ4v) is 9.33. The zero-order valence-corrected chi connectivity index (χ0v) is 33.3. The Hall–Kier alpha value is -7.68. The van der Waals surface area contributed by atoms with Crippen LogP contribution in [0.3, 0.4) is 0 Å². The monoisotopic (exact) mass is 764 g/mol. The average Bonchev–Trinajstić information content (AvgIpc) is 3.59. The Bertz CT molecular complexity index is 3210. The van der Waals surface area contributed by atoms with E-state index in [-0.39, 0.29) is 5.41 Å². The molecule has 1 aliphatic rings. The van der Waals surface area contributed by atoms with Crippen molar-refractivity contribution in [3.63, 3.8) is 0 Å². The quantitative estimate of drug-likeness (QED) is 0.162. The van der Waals surface area contributed by atoms with Crippen LogP contribution in [0, 0.1) is 0 Å². The van der Waals surface area contributed by atoms with Crippen LogP contribution in [0.4, 0.5) is 0 Å². The van der Waals surface area contributed by atoms with E-state index in [9.17, 15) is 0 Å². The molecule has 1 heterocycles. The van der Waals surface area contributed by atoms with Crippen molar-refractivity contribution >= 4 is 10.8 Å². The maximum absolute atomic E-state index is 5.25. The number of aromatic nitrogens is 2. The first-order chi connectivity index (χ1) is 29.6. The van der Waals surface area contributed by atoms with E-state index in [1.165, 1.54) is 61.0 Å². The zero-order chi connectivity index (χ0) is 40.0. The van der Waals surface area contributed by atoms with Crippen molar-refractivity contribution in [3.05, 3.63) is 241 Å². The van der Waals surface area contributed by atoms with E-state index in [0.29, 0.717) is 5.82 Å². The first kappa shape index (κ1) is 35.5. The number of hydrogen-bond acceptors (Lipinski definition) is 2. The molecule has 1 aromatic heterocycles. The highest BCUT2D eigenvalue weighted by atomic mass is 14.9. The molecular weight excluding hydrogens is 725 g/mol. The Morgan fingerprint density at radius 2 is 0.800 bits per heavy atom. The van der Waals surface area contributed by atoms with Gasteiger partial charge in [0.05, 0.1) is 11.4 Å². The smallest absolute Gasteiger partial charge is 0.160 e. The van der Waals surface area contributed by atoms with E-state index < -0.39 is 0 Å². The Morgan fingerprint density at radius 3 is 1.57 bits per heavy atom. The summed E-state index contributed by atoms with van der Waals surface area (Å²) >= 11 is 0. The molecule has 60 heavy (non-hydrogen) atoms. The summed E-state index contributed by atoms with van der Waals surface area (Å²) in [4.78, 5) is 10.4. The lowest BCUT2D eigenvalue weighted by molar-refractivity contribution is 0.714. The van der Waals surface area contributed by atoms with E-state index in [1.54, 1.807) is 0 Å². The highest BCUT2D eigenvalue weighted by Crippen LogP contribution is 2.53. The van der Waals surface area contributed by atoms with E-state index in [4.69, 9.17) is 9.97 Å². The van der Waals surface area contributed by atoms with Crippen LogP contribution >= 0.6 is 0 Å². The second-order valence-corrected chi connectivity index (χ2v) is 15.9. The van der Waals surface area contributed by atoms with Crippen molar-refractivity contribution in [1.82, 2.24) is 9.97 Å². The third kappa shape index (κ3) is 6.04. The maximum Gasteiger partial charge on any atom is 0.160 e. The molecular formula is C58H40N2. The van der Waals surface area contributed by atoms with Crippen LogP contribution in [0.2, 0.25) is 0 Å². The predicted molar refractivity (Wildman–Crippen MR) is 250 cm³/mol. The van der Waals surface area contributed by atoms with Gasteiger partial charge in [-0.3, -0.25) is 0 Å². The molecule has 0 N–H and O–H groups in total. The first-order valence-electron chi connectivity index (χ1n) is 20.6. The molecule has 10 aromatic rings. The van der Waals surface area contributed by atoms with Crippen LogP contribution < -0.4 is 0 Å². The minimum Gasteiger partial charge on any atom is -0.228 e. The lowest BCUT2D eigenvalue weighted by Gasteiger charge is -2.28. The van der Waals surface area contributed by atoms with Crippen molar-refractivity contribution in [2.24, 2.45) is 0 Å². The van der Waals surface area contributed by atoms with E-state index in [0.717, 1.165) is 39.0 Å². The van der Waals surface area contributed by atoms with E-state index in [2.05, 4.69) is 213 Å². The van der Waals surface area contributed by atoms with E-state index in [1.807, 2.05) is 18.2 Å². The van der Waals surface area contributed by atoms with Crippen molar-refractivity contribution in [2.45, 2.75) is 12.3 Å². The topological polar surface area (TPSA) is 25.8 Å². The first-order valence-corrected chi connectivity index (χ1v) is 20.6. The molecule has 282 valence electrons. The summed E-state index contributed by atoms with van der Waals surface area (Å²) in [5.74, 6) is 0.704. The van der Waals surface area contributed by atoms with Crippen LogP contribution in [0.1, 0.15) is 23.6 Å². The summed E-state index contributed by atoms with van der Waals surface area (Å²) in [6.45, 7) is 2.38. The summed E-state index contributed by atoms with van der Waals surface area (Å²) < 4.78 is 0. The van der Waals surface area contributed by atoms with Gasteiger partial charge in [0.25, 0.3) is 0 Å². The van der Waals surface area contributed by atoms with Gasteiger partial charge in [-0.05, 0) is 103 Å². The minimum atomic E-state index is -0.251. The second kappa shape index (κ2) is 14.6. The number of benzene rings is 9. The minimum absolute atomic E-state index is 0.251. The van der Waals surface area contributed by atoms with Gasteiger partial charge < -0.3 is 0 Å². The number of fused-ring (bicyclic) bond motifs is 4. The second-order valence-electron chi connectivity index (χ2n) is 15.9. The van der Waals surface area contributed by atoms with Gasteiger partial charge in [-0.1, -0.05) is 200 Å². The highest BCUT2D eigenvalue weighted by Gasteiger charge is 2.40. The molecule has 0 radical (unpaired) electrons. The largest absolute Gasteiger partial charge is 0.228 e. The van der Waals surface area contributed by atoms with Gasteiger partial charge in [0, 0.05) is 22.1 Å². The predicted octanol–water partition coefficient (Wildman–Crippen LogP) is 15.0. The van der Waals surface area contributed by atoms with Gasteiger partial charge in [-0.15, -0.1) is 0 Å². The molecule has 0 amide bonds. The Kier molecular flexibility index (Phi) is 8.64. The lowest BCUT2D eigenvalue weighted by Crippen LogP contribution is -2.22. The third-order valence-electron chi connectivity index (χ3n) is 12.4. The molecule has 11 rings (SSSR count). The Morgan fingerprint density at radius 1 is 0.300 bits per heavy atom. The molecule has 0 saturated carbocycles. The van der Waals surface area contributed by atoms with Gasteiger partial charge in [-0.25, -0.2) is 9.97 Å². The number of nitrogens with zero attached hydrogens (tertiary/aromatic N) is 2. The van der Waals surface area contributed by atoms with Gasteiger partial charge in [-0.2, -0.15) is 0 Å². The molecule has 0 saturated heterocycles. The molecule has 9 aromatic carbocycles. The summed E-state index contributed by atoms with van der Waals surface area (Å²) in [6.07, 6.45) is 0. The Labute approximate surface area is 351 Å². The van der Waals surface area contributed by atoms with Gasteiger partial charge >= 0.3 is 0 Å². The third-order valence-corrected chi connectivity index (χ3v) is 12.4. The fraction of sp³-hybridized carbons (Fsp3) is 0.0345. The zero-order valence-electron chi connectivity index (χ0n) is 33.3. The van der Waals surface area contributed by atoms with Crippen LogP contribution in [0.15, 0.2) is 224 Å². The maximum atomic E-state index is 5.25. The SMILES string of the molecule is CC1(c2ccccc2)c2ccccc2-c2ccc(-c3cccc(-c4ccc(-c5cc(-c6cccc(-c7ccccc7)c6)nc(-c6ccccc6)n5)c5ccccc45)c3)cc21. The normalized spacial score (nSPS) is 14.2. The molecule has 2 heteroatoms. The van der Waals surface area contributed by atoms with Crippen molar-refractivity contribution < 1.29 is 0 Å². The number of hydrogen-bond donors (Lipinski definition) is 0. The lowest BCUT2D eigenvalue weighted by atomic mass is 9.74. The van der Waals surface area contributed by atoms with Crippen molar-refractivity contribution in [3.8, 4) is 78.4 Å². The molecule has 0 aliphatic heterocycles. The molecule has 0 spiro atoms. The molecule has 1 unspecified atom stereocenters. The highest BCUT2D eigenvalue weighted by molar-refractivity contribution is 6.05. The molecule has 1 aliphatic carbocycles. The van der Waals surface area contributed by atoms with Crippen molar-refractivity contribution in [2.75, 3.05) is 0 Å². The van der Waals surface area contributed by atoms with Crippen LogP contribution in [0.25, 0.3) is 89.2 Å². The molecule has 1 atom stereocenters. The summed E-state index contributed by atoms with van der Waals surface area (Å²) in [6, 6.07) is 80.7. The van der Waals surface area contributed by atoms with E-state index >= 15 is 0 Å². The van der Waals surface area contributed by atoms with Gasteiger partial charge in [0.2, 0.25) is 0 Å². The average molecular weight is 765 g/mol. The standard InChI is InChI=1S/C58H40N2/c1-58(46-25-9-4-10-26-46)53-30-14-13-29-50(53)51-32-31-43(37-54(51)58)42-22-15-23-44(35-42)47-33-34-52(49-28-12-11-27-48(47)49)56-38-55(59-57(60-56)40-19-7-3-8-20-40)45-24-16-21-41(36-45)39-17-5-2-6-18-39/h2-38H,1H3. The van der Waals surface area contributed by atoms with Crippen LogP contribution in [0.5, 0.6) is 0 Å². The summed E-state index contributed by atoms with van der Waals surface area (Å²) in [5, 5.41) is 2.33. The fourth-order valence-electron chi connectivity index (χ4n) is 9.33.